The lowest BCUT2D eigenvalue weighted by atomic mass is 10.3. The summed E-state index contributed by atoms with van der Waals surface area (Å²) in [5, 5.41) is 2.67. The molecule has 1 unspecified atom stereocenters. The number of carbonyl (C=O) groups excluding carboxylic acids is 2. The number of ether oxygens (including phenoxy) is 1. The summed E-state index contributed by atoms with van der Waals surface area (Å²) in [5.41, 5.74) is 0.600. The molecule has 27 heavy (non-hydrogen) atoms. The Kier molecular flexibility index (Phi) is 7.54. The molecule has 7 nitrogen and oxygen atoms in total. The monoisotopic (exact) mass is 474 g/mol. The van der Waals surface area contributed by atoms with Crippen LogP contribution in [0.25, 0.3) is 0 Å². The lowest BCUT2D eigenvalue weighted by Crippen LogP contribution is -2.29. The molecule has 2 N–H and O–H groups in total. The largest absolute Gasteiger partial charge is 0.448 e. The highest BCUT2D eigenvalue weighted by Gasteiger charge is 2.20. The van der Waals surface area contributed by atoms with Crippen molar-refractivity contribution in [2.24, 2.45) is 0 Å². The maximum absolute atomic E-state index is 12.2. The molecule has 10 heteroatoms. The van der Waals surface area contributed by atoms with E-state index in [0.717, 1.165) is 15.6 Å². The number of nitrogens with one attached hydrogen (secondary N) is 2. The van der Waals surface area contributed by atoms with Gasteiger partial charge in [0, 0.05) is 21.6 Å². The zero-order chi connectivity index (χ0) is 20.0. The van der Waals surface area contributed by atoms with E-state index in [0.29, 0.717) is 17.0 Å². The van der Waals surface area contributed by atoms with Crippen LogP contribution < -0.4 is 10.0 Å². The highest BCUT2D eigenvalue weighted by atomic mass is 79.9. The first kappa shape index (κ1) is 21.5. The molecule has 0 aliphatic rings. The summed E-state index contributed by atoms with van der Waals surface area (Å²) in [6.07, 6.45) is 0.592. The molecule has 0 fully saturated rings. The Labute approximate surface area is 170 Å². The fourth-order valence-corrected chi connectivity index (χ4v) is 3.66. The number of anilines is 1. The first-order valence-corrected chi connectivity index (χ1v) is 11.4. The summed E-state index contributed by atoms with van der Waals surface area (Å²) in [7, 11) is -3.24. The van der Waals surface area contributed by atoms with Crippen molar-refractivity contribution in [3.05, 3.63) is 50.6 Å². The van der Waals surface area contributed by atoms with Gasteiger partial charge >= 0.3 is 5.97 Å². The van der Waals surface area contributed by atoms with Crippen LogP contribution in [0.3, 0.4) is 0 Å². The fraction of sp³-hybridized carbons (Fsp3) is 0.294. The van der Waals surface area contributed by atoms with Gasteiger partial charge in [-0.1, -0.05) is 15.9 Å². The number of sulfonamides is 1. The number of amides is 1. The highest BCUT2D eigenvalue weighted by Crippen LogP contribution is 2.19. The molecule has 1 aromatic carbocycles. The zero-order valence-electron chi connectivity index (χ0n) is 14.7. The molecule has 0 bridgehead atoms. The summed E-state index contributed by atoms with van der Waals surface area (Å²) in [6, 6.07) is 10.4. The van der Waals surface area contributed by atoms with Gasteiger partial charge in [-0.3, -0.25) is 4.79 Å². The van der Waals surface area contributed by atoms with E-state index in [1.54, 1.807) is 36.4 Å². The predicted octanol–water partition coefficient (Wildman–Crippen LogP) is 2.79. The summed E-state index contributed by atoms with van der Waals surface area (Å²) >= 11 is 4.52. The molecule has 1 heterocycles. The van der Waals surface area contributed by atoms with Gasteiger partial charge in [0.1, 0.15) is 4.88 Å². The molecule has 0 saturated heterocycles. The third kappa shape index (κ3) is 7.41. The first-order chi connectivity index (χ1) is 12.6. The van der Waals surface area contributed by atoms with E-state index in [9.17, 15) is 18.0 Å². The number of hydrogen-bond acceptors (Lipinski definition) is 6. The van der Waals surface area contributed by atoms with Gasteiger partial charge in [-0.25, -0.2) is 17.9 Å². The Bertz CT molecular complexity index is 910. The molecule has 1 atom stereocenters. The molecule has 2 aromatic rings. The minimum absolute atomic E-state index is 0.250. The number of benzene rings is 1. The van der Waals surface area contributed by atoms with Crippen molar-refractivity contribution in [3.63, 3.8) is 0 Å². The Morgan fingerprint density at radius 3 is 2.48 bits per heavy atom. The van der Waals surface area contributed by atoms with Gasteiger partial charge in [0.15, 0.2) is 6.10 Å². The second-order valence-electron chi connectivity index (χ2n) is 5.73. The molecule has 0 saturated carbocycles. The van der Waals surface area contributed by atoms with E-state index in [1.807, 2.05) is 0 Å². The molecule has 146 valence electrons. The summed E-state index contributed by atoms with van der Waals surface area (Å²) in [5.74, 6) is -1.03. The van der Waals surface area contributed by atoms with E-state index >= 15 is 0 Å². The smallest absolute Gasteiger partial charge is 0.349 e. The van der Waals surface area contributed by atoms with Crippen LogP contribution >= 0.6 is 27.3 Å². The van der Waals surface area contributed by atoms with Gasteiger partial charge < -0.3 is 10.1 Å². The van der Waals surface area contributed by atoms with Gasteiger partial charge in [-0.2, -0.15) is 0 Å². The maximum atomic E-state index is 12.2. The van der Waals surface area contributed by atoms with E-state index in [1.165, 1.54) is 18.3 Å². The number of hydrogen-bond donors (Lipinski definition) is 2. The maximum Gasteiger partial charge on any atom is 0.349 e. The van der Waals surface area contributed by atoms with Gasteiger partial charge in [-0.05, 0) is 49.7 Å². The van der Waals surface area contributed by atoms with E-state index < -0.39 is 28.0 Å². The normalized spacial score (nSPS) is 12.4. The average molecular weight is 475 g/mol. The van der Waals surface area contributed by atoms with Crippen molar-refractivity contribution in [2.75, 3.05) is 18.1 Å². The molecule has 0 radical (unpaired) electrons. The summed E-state index contributed by atoms with van der Waals surface area (Å²) in [6.45, 7) is 1.75. The number of carbonyl (C=O) groups is 2. The SMILES string of the molecule is CC(OC(=O)c1ccc(CCNS(C)(=O)=O)s1)C(=O)Nc1ccc(Br)cc1. The topological polar surface area (TPSA) is 102 Å². The number of halogens is 1. The van der Waals surface area contributed by atoms with Crippen LogP contribution in [0.1, 0.15) is 21.5 Å². The number of rotatable bonds is 8. The lowest BCUT2D eigenvalue weighted by molar-refractivity contribution is -0.123. The van der Waals surface area contributed by atoms with Crippen molar-refractivity contribution in [3.8, 4) is 0 Å². The van der Waals surface area contributed by atoms with Crippen molar-refractivity contribution in [2.45, 2.75) is 19.4 Å². The Morgan fingerprint density at radius 1 is 1.19 bits per heavy atom. The van der Waals surface area contributed by atoms with Crippen molar-refractivity contribution in [1.82, 2.24) is 4.72 Å². The number of thiophene rings is 1. The molecule has 0 aliphatic heterocycles. The van der Waals surface area contributed by atoms with Crippen LogP contribution in [0.2, 0.25) is 0 Å². The second kappa shape index (κ2) is 9.45. The predicted molar refractivity (Wildman–Crippen MR) is 109 cm³/mol. The quantitative estimate of drug-likeness (QED) is 0.572. The van der Waals surface area contributed by atoms with E-state index in [-0.39, 0.29) is 6.54 Å². The summed E-state index contributed by atoms with van der Waals surface area (Å²) in [4.78, 5) is 25.5. The molecule has 1 aromatic heterocycles. The van der Waals surface area contributed by atoms with E-state index in [4.69, 9.17) is 4.74 Å². The Balaban J connectivity index is 1.86. The highest BCUT2D eigenvalue weighted by molar-refractivity contribution is 9.10. The zero-order valence-corrected chi connectivity index (χ0v) is 17.9. The molecule has 2 rings (SSSR count). The van der Waals surface area contributed by atoms with E-state index in [2.05, 4.69) is 26.0 Å². The van der Waals surface area contributed by atoms with Crippen molar-refractivity contribution in [1.29, 1.82) is 0 Å². The van der Waals surface area contributed by atoms with Crippen molar-refractivity contribution >= 4 is 54.9 Å². The first-order valence-electron chi connectivity index (χ1n) is 7.95. The minimum Gasteiger partial charge on any atom is -0.448 e. The lowest BCUT2D eigenvalue weighted by Gasteiger charge is -2.13. The van der Waals surface area contributed by atoms with Crippen LogP contribution in [0.15, 0.2) is 40.9 Å². The minimum atomic E-state index is -3.24. The Hall–Kier alpha value is -1.75. The molecular weight excluding hydrogens is 456 g/mol. The standard InChI is InChI=1S/C17H19BrN2O5S2/c1-11(16(21)20-13-5-3-12(18)4-6-13)25-17(22)15-8-7-14(26-15)9-10-19-27(2,23)24/h3-8,11,19H,9-10H2,1-2H3,(H,20,21). The second-order valence-corrected chi connectivity index (χ2v) is 9.64. The van der Waals surface area contributed by atoms with Gasteiger partial charge in [-0.15, -0.1) is 11.3 Å². The third-order valence-electron chi connectivity index (χ3n) is 3.36. The van der Waals surface area contributed by atoms with Crippen LogP contribution in [0, 0.1) is 0 Å². The van der Waals surface area contributed by atoms with Crippen LogP contribution in [-0.4, -0.2) is 39.2 Å². The average Bonchev–Trinajstić information content (AvgIpc) is 3.04. The number of esters is 1. The molecule has 0 spiro atoms. The van der Waals surface area contributed by atoms with Crippen LogP contribution in [-0.2, 0) is 26.0 Å². The van der Waals surface area contributed by atoms with Gasteiger partial charge in [0.2, 0.25) is 10.0 Å². The fourth-order valence-electron chi connectivity index (χ4n) is 2.03. The van der Waals surface area contributed by atoms with Gasteiger partial charge in [0.25, 0.3) is 5.91 Å². The van der Waals surface area contributed by atoms with Crippen LogP contribution in [0.4, 0.5) is 5.69 Å². The summed E-state index contributed by atoms with van der Waals surface area (Å²) < 4.78 is 30.6. The van der Waals surface area contributed by atoms with Crippen LogP contribution in [0.5, 0.6) is 0 Å². The third-order valence-corrected chi connectivity index (χ3v) is 5.75. The van der Waals surface area contributed by atoms with Gasteiger partial charge in [0.05, 0.1) is 6.26 Å². The molecule has 0 aliphatic carbocycles. The Morgan fingerprint density at radius 2 is 1.85 bits per heavy atom. The molecule has 1 amide bonds. The van der Waals surface area contributed by atoms with Crippen molar-refractivity contribution < 1.29 is 22.7 Å². The molecular formula is C17H19BrN2O5S2.